The van der Waals surface area contributed by atoms with E-state index >= 15 is 0 Å². The lowest BCUT2D eigenvalue weighted by molar-refractivity contribution is 0.0970. The number of para-hydroxylation sites is 2. The van der Waals surface area contributed by atoms with Crippen molar-refractivity contribution >= 4 is 0 Å². The van der Waals surface area contributed by atoms with Crippen molar-refractivity contribution < 1.29 is 19.3 Å². The maximum Gasteiger partial charge on any atom is 0.165 e. The summed E-state index contributed by atoms with van der Waals surface area (Å²) < 4.78 is 17.1. The second-order valence-corrected chi connectivity index (χ2v) is 7.19. The van der Waals surface area contributed by atoms with Crippen LogP contribution in [-0.2, 0) is 13.0 Å². The fraction of sp³-hybridized carbons (Fsp3) is 0.429. The van der Waals surface area contributed by atoms with Crippen molar-refractivity contribution in [2.45, 2.75) is 38.5 Å². The molecule has 26 heavy (non-hydrogen) atoms. The van der Waals surface area contributed by atoms with E-state index in [-0.39, 0.29) is 12.2 Å². The SMILES string of the molecule is COc1ccccc1CNCC(O)COc1cccc2c1OC(C)(C)C2. The molecular weight excluding hydrogens is 330 g/mol. The van der Waals surface area contributed by atoms with E-state index in [2.05, 4.69) is 25.2 Å². The average Bonchev–Trinajstić information content (AvgIpc) is 2.94. The Hall–Kier alpha value is -2.24. The lowest BCUT2D eigenvalue weighted by Crippen LogP contribution is -2.31. The first kappa shape index (κ1) is 18.5. The number of benzene rings is 2. The Bertz CT molecular complexity index is 745. The van der Waals surface area contributed by atoms with Crippen LogP contribution in [0, 0.1) is 0 Å². The zero-order chi connectivity index (χ0) is 18.6. The van der Waals surface area contributed by atoms with Gasteiger partial charge in [0.15, 0.2) is 11.5 Å². The predicted octanol–water partition coefficient (Wildman–Crippen LogP) is 2.94. The van der Waals surface area contributed by atoms with Gasteiger partial charge in [-0.15, -0.1) is 0 Å². The minimum absolute atomic E-state index is 0.208. The summed E-state index contributed by atoms with van der Waals surface area (Å²) in [5.41, 5.74) is 1.99. The Morgan fingerprint density at radius 2 is 1.92 bits per heavy atom. The average molecular weight is 357 g/mol. The lowest BCUT2D eigenvalue weighted by atomic mass is 10.0. The van der Waals surface area contributed by atoms with Gasteiger partial charge in [0, 0.05) is 30.6 Å². The smallest absolute Gasteiger partial charge is 0.165 e. The van der Waals surface area contributed by atoms with E-state index in [1.54, 1.807) is 7.11 Å². The molecule has 2 aromatic rings. The molecule has 2 aromatic carbocycles. The van der Waals surface area contributed by atoms with Gasteiger partial charge in [0.1, 0.15) is 24.1 Å². The van der Waals surface area contributed by atoms with Gasteiger partial charge in [0.25, 0.3) is 0 Å². The number of hydrogen-bond donors (Lipinski definition) is 2. The van der Waals surface area contributed by atoms with E-state index in [0.717, 1.165) is 29.0 Å². The molecule has 140 valence electrons. The number of fused-ring (bicyclic) bond motifs is 1. The van der Waals surface area contributed by atoms with Crippen LogP contribution in [0.3, 0.4) is 0 Å². The van der Waals surface area contributed by atoms with Crippen LogP contribution < -0.4 is 19.5 Å². The van der Waals surface area contributed by atoms with Crippen molar-refractivity contribution in [3.63, 3.8) is 0 Å². The Morgan fingerprint density at radius 3 is 2.73 bits per heavy atom. The summed E-state index contributed by atoms with van der Waals surface area (Å²) >= 11 is 0. The number of aliphatic hydroxyl groups excluding tert-OH is 1. The first-order chi connectivity index (χ1) is 12.5. The number of aliphatic hydroxyl groups is 1. The molecule has 1 unspecified atom stereocenters. The number of methoxy groups -OCH3 is 1. The lowest BCUT2D eigenvalue weighted by Gasteiger charge is -2.19. The summed E-state index contributed by atoms with van der Waals surface area (Å²) in [6.45, 7) is 5.39. The van der Waals surface area contributed by atoms with Crippen molar-refractivity contribution in [1.29, 1.82) is 0 Å². The van der Waals surface area contributed by atoms with Crippen molar-refractivity contribution in [3.8, 4) is 17.2 Å². The van der Waals surface area contributed by atoms with E-state index in [0.29, 0.717) is 18.8 Å². The molecule has 1 aliphatic rings. The standard InChI is InChI=1S/C21H27NO4/c1-21(2)11-15-8-6-10-19(20(15)26-21)25-14-17(23)13-22-12-16-7-4-5-9-18(16)24-3/h4-10,17,22-23H,11-14H2,1-3H3. The fourth-order valence-corrected chi connectivity index (χ4v) is 3.17. The monoisotopic (exact) mass is 357 g/mol. The molecule has 0 saturated heterocycles. The molecule has 0 aliphatic carbocycles. The molecule has 0 fully saturated rings. The topological polar surface area (TPSA) is 60.0 Å². The van der Waals surface area contributed by atoms with E-state index in [1.165, 1.54) is 0 Å². The Labute approximate surface area is 154 Å². The molecule has 5 heteroatoms. The number of nitrogens with one attached hydrogen (secondary N) is 1. The number of ether oxygens (including phenoxy) is 3. The Kier molecular flexibility index (Phi) is 5.69. The third kappa shape index (κ3) is 4.48. The van der Waals surface area contributed by atoms with Gasteiger partial charge >= 0.3 is 0 Å². The highest BCUT2D eigenvalue weighted by Gasteiger charge is 2.32. The summed E-state index contributed by atoms with van der Waals surface area (Å²) in [6.07, 6.45) is 0.248. The highest BCUT2D eigenvalue weighted by atomic mass is 16.5. The quantitative estimate of drug-likeness (QED) is 0.761. The second-order valence-electron chi connectivity index (χ2n) is 7.19. The van der Waals surface area contributed by atoms with Crippen LogP contribution in [0.25, 0.3) is 0 Å². The van der Waals surface area contributed by atoms with Crippen LogP contribution in [0.15, 0.2) is 42.5 Å². The summed E-state index contributed by atoms with van der Waals surface area (Å²) in [5, 5.41) is 13.4. The third-order valence-electron chi connectivity index (χ3n) is 4.37. The maximum absolute atomic E-state index is 10.2. The van der Waals surface area contributed by atoms with Crippen LogP contribution in [0.4, 0.5) is 0 Å². The van der Waals surface area contributed by atoms with Crippen molar-refractivity contribution in [1.82, 2.24) is 5.32 Å². The largest absolute Gasteiger partial charge is 0.496 e. The summed E-state index contributed by atoms with van der Waals surface area (Å²) in [4.78, 5) is 0. The Morgan fingerprint density at radius 1 is 1.15 bits per heavy atom. The summed E-state index contributed by atoms with van der Waals surface area (Å²) in [5.74, 6) is 2.33. The van der Waals surface area contributed by atoms with Crippen LogP contribution >= 0.6 is 0 Å². The van der Waals surface area contributed by atoms with Gasteiger partial charge in [-0.2, -0.15) is 0 Å². The minimum atomic E-state index is -0.616. The molecule has 0 radical (unpaired) electrons. The molecule has 3 rings (SSSR count). The van der Waals surface area contributed by atoms with Crippen molar-refractivity contribution in [3.05, 3.63) is 53.6 Å². The van der Waals surface area contributed by atoms with Crippen molar-refractivity contribution in [2.75, 3.05) is 20.3 Å². The zero-order valence-electron chi connectivity index (χ0n) is 15.6. The minimum Gasteiger partial charge on any atom is -0.496 e. The molecule has 1 atom stereocenters. The maximum atomic E-state index is 10.2. The highest BCUT2D eigenvalue weighted by Crippen LogP contribution is 2.41. The van der Waals surface area contributed by atoms with Crippen LogP contribution in [0.1, 0.15) is 25.0 Å². The predicted molar refractivity (Wildman–Crippen MR) is 101 cm³/mol. The second kappa shape index (κ2) is 7.98. The van der Waals surface area contributed by atoms with E-state index < -0.39 is 6.10 Å². The zero-order valence-corrected chi connectivity index (χ0v) is 15.6. The van der Waals surface area contributed by atoms with Gasteiger partial charge in [-0.25, -0.2) is 0 Å². The molecule has 5 nitrogen and oxygen atoms in total. The fourth-order valence-electron chi connectivity index (χ4n) is 3.17. The Balaban J connectivity index is 1.48. The molecule has 0 aromatic heterocycles. The van der Waals surface area contributed by atoms with Gasteiger partial charge < -0.3 is 24.6 Å². The van der Waals surface area contributed by atoms with E-state index in [4.69, 9.17) is 14.2 Å². The molecule has 0 amide bonds. The number of rotatable bonds is 8. The van der Waals surface area contributed by atoms with E-state index in [9.17, 15) is 5.11 Å². The molecule has 1 aliphatic heterocycles. The van der Waals surface area contributed by atoms with Gasteiger partial charge in [-0.1, -0.05) is 30.3 Å². The normalized spacial score (nSPS) is 15.8. The summed E-state index contributed by atoms with van der Waals surface area (Å²) in [7, 11) is 1.66. The molecule has 0 spiro atoms. The van der Waals surface area contributed by atoms with Gasteiger partial charge in [-0.3, -0.25) is 0 Å². The third-order valence-corrected chi connectivity index (χ3v) is 4.37. The van der Waals surface area contributed by atoms with Crippen LogP contribution in [-0.4, -0.2) is 37.1 Å². The molecule has 1 heterocycles. The van der Waals surface area contributed by atoms with Crippen molar-refractivity contribution in [2.24, 2.45) is 0 Å². The molecular formula is C21H27NO4. The first-order valence-corrected chi connectivity index (χ1v) is 8.93. The molecule has 0 bridgehead atoms. The molecule has 0 saturated carbocycles. The highest BCUT2D eigenvalue weighted by molar-refractivity contribution is 5.50. The first-order valence-electron chi connectivity index (χ1n) is 8.93. The van der Waals surface area contributed by atoms with Gasteiger partial charge in [0.05, 0.1) is 7.11 Å². The van der Waals surface area contributed by atoms with Gasteiger partial charge in [-0.05, 0) is 26.0 Å². The van der Waals surface area contributed by atoms with Crippen LogP contribution in [0.2, 0.25) is 0 Å². The molecule has 2 N–H and O–H groups in total. The van der Waals surface area contributed by atoms with Crippen LogP contribution in [0.5, 0.6) is 17.2 Å². The summed E-state index contributed by atoms with van der Waals surface area (Å²) in [6, 6.07) is 13.7. The number of hydrogen-bond acceptors (Lipinski definition) is 5. The van der Waals surface area contributed by atoms with E-state index in [1.807, 2.05) is 36.4 Å². The van der Waals surface area contributed by atoms with Gasteiger partial charge in [0.2, 0.25) is 0 Å².